The molecule has 0 aromatic carbocycles. The lowest BCUT2D eigenvalue weighted by Gasteiger charge is -2.31. The Morgan fingerprint density at radius 2 is 2.33 bits per heavy atom. The van der Waals surface area contributed by atoms with Crippen molar-refractivity contribution >= 4 is 11.8 Å². The third-order valence-electron chi connectivity index (χ3n) is 2.89. The first-order valence-electron chi connectivity index (χ1n) is 6.10. The van der Waals surface area contributed by atoms with Crippen LogP contribution in [0.2, 0.25) is 0 Å². The SMILES string of the molecule is CCCC1NC(=O)CN(Cc2cc(C)on2)C1=O. The van der Waals surface area contributed by atoms with Gasteiger partial charge in [0, 0.05) is 6.07 Å². The number of hydrogen-bond donors (Lipinski definition) is 1. The van der Waals surface area contributed by atoms with Gasteiger partial charge >= 0.3 is 0 Å². The fourth-order valence-corrected chi connectivity index (χ4v) is 2.08. The van der Waals surface area contributed by atoms with E-state index < -0.39 is 6.04 Å². The predicted molar refractivity (Wildman–Crippen MR) is 63.5 cm³/mol. The summed E-state index contributed by atoms with van der Waals surface area (Å²) in [5.74, 6) is 0.536. The number of carbonyl (C=O) groups is 2. The van der Waals surface area contributed by atoms with Crippen molar-refractivity contribution in [1.82, 2.24) is 15.4 Å². The van der Waals surface area contributed by atoms with Crippen LogP contribution in [-0.2, 0) is 16.1 Å². The van der Waals surface area contributed by atoms with E-state index in [0.717, 1.165) is 6.42 Å². The van der Waals surface area contributed by atoms with Crippen LogP contribution < -0.4 is 5.32 Å². The van der Waals surface area contributed by atoms with Crippen LogP contribution in [0.4, 0.5) is 0 Å². The molecular formula is C12H17N3O3. The number of nitrogens with zero attached hydrogens (tertiary/aromatic N) is 2. The van der Waals surface area contributed by atoms with Crippen LogP contribution in [-0.4, -0.2) is 34.5 Å². The van der Waals surface area contributed by atoms with Gasteiger partial charge in [-0.3, -0.25) is 9.59 Å². The monoisotopic (exact) mass is 251 g/mol. The first-order valence-corrected chi connectivity index (χ1v) is 6.10. The summed E-state index contributed by atoms with van der Waals surface area (Å²) in [6.45, 7) is 4.19. The fraction of sp³-hybridized carbons (Fsp3) is 0.583. The molecule has 0 aliphatic carbocycles. The molecular weight excluding hydrogens is 234 g/mol. The molecule has 0 saturated carbocycles. The summed E-state index contributed by atoms with van der Waals surface area (Å²) >= 11 is 0. The van der Waals surface area contributed by atoms with Crippen LogP contribution in [0.25, 0.3) is 0 Å². The molecule has 1 unspecified atom stereocenters. The largest absolute Gasteiger partial charge is 0.361 e. The predicted octanol–water partition coefficient (Wildman–Crippen LogP) is 0.610. The number of amides is 2. The Morgan fingerprint density at radius 3 is 2.94 bits per heavy atom. The van der Waals surface area contributed by atoms with Crippen molar-refractivity contribution in [2.45, 2.75) is 39.3 Å². The Labute approximate surface area is 105 Å². The Bertz CT molecular complexity index is 455. The van der Waals surface area contributed by atoms with Crippen molar-refractivity contribution < 1.29 is 14.1 Å². The second-order valence-corrected chi connectivity index (χ2v) is 4.53. The van der Waals surface area contributed by atoms with E-state index in [1.807, 2.05) is 6.92 Å². The Morgan fingerprint density at radius 1 is 1.56 bits per heavy atom. The van der Waals surface area contributed by atoms with Crippen molar-refractivity contribution in [3.63, 3.8) is 0 Å². The molecule has 1 N–H and O–H groups in total. The van der Waals surface area contributed by atoms with E-state index in [-0.39, 0.29) is 18.4 Å². The van der Waals surface area contributed by atoms with Crippen LogP contribution >= 0.6 is 0 Å². The van der Waals surface area contributed by atoms with Crippen LogP contribution in [0.5, 0.6) is 0 Å². The molecule has 1 atom stereocenters. The van der Waals surface area contributed by atoms with Gasteiger partial charge < -0.3 is 14.7 Å². The van der Waals surface area contributed by atoms with Gasteiger partial charge in [0.25, 0.3) is 0 Å². The standard InChI is InChI=1S/C12H17N3O3/c1-3-4-10-12(17)15(7-11(16)13-10)6-9-5-8(2)18-14-9/h5,10H,3-4,6-7H2,1-2H3,(H,13,16). The Balaban J connectivity index is 2.06. The highest BCUT2D eigenvalue weighted by Crippen LogP contribution is 2.12. The van der Waals surface area contributed by atoms with Gasteiger partial charge in [0.15, 0.2) is 0 Å². The molecule has 0 spiro atoms. The highest BCUT2D eigenvalue weighted by Gasteiger charge is 2.32. The van der Waals surface area contributed by atoms with Gasteiger partial charge in [-0.1, -0.05) is 18.5 Å². The van der Waals surface area contributed by atoms with Crippen molar-refractivity contribution in [2.24, 2.45) is 0 Å². The highest BCUT2D eigenvalue weighted by molar-refractivity contribution is 5.94. The van der Waals surface area contributed by atoms with Gasteiger partial charge in [-0.15, -0.1) is 0 Å². The normalized spacial score (nSPS) is 20.1. The molecule has 1 aromatic heterocycles. The van der Waals surface area contributed by atoms with E-state index in [1.54, 1.807) is 13.0 Å². The van der Waals surface area contributed by atoms with Crippen molar-refractivity contribution in [3.8, 4) is 0 Å². The quantitative estimate of drug-likeness (QED) is 0.850. The third kappa shape index (κ3) is 2.69. The summed E-state index contributed by atoms with van der Waals surface area (Å²) in [6.07, 6.45) is 1.52. The topological polar surface area (TPSA) is 75.4 Å². The first kappa shape index (κ1) is 12.6. The third-order valence-corrected chi connectivity index (χ3v) is 2.89. The average Bonchev–Trinajstić information content (AvgIpc) is 2.71. The molecule has 1 aliphatic rings. The molecule has 98 valence electrons. The molecule has 1 fully saturated rings. The molecule has 0 bridgehead atoms. The molecule has 6 heteroatoms. The molecule has 18 heavy (non-hydrogen) atoms. The summed E-state index contributed by atoms with van der Waals surface area (Å²) in [6, 6.07) is 1.37. The number of piperazine rings is 1. The number of aromatic nitrogens is 1. The minimum absolute atomic E-state index is 0.0443. The van der Waals surface area contributed by atoms with E-state index in [9.17, 15) is 9.59 Å². The zero-order valence-electron chi connectivity index (χ0n) is 10.6. The molecule has 2 heterocycles. The number of rotatable bonds is 4. The van der Waals surface area contributed by atoms with Crippen LogP contribution in [0, 0.1) is 6.92 Å². The summed E-state index contributed by atoms with van der Waals surface area (Å²) in [4.78, 5) is 25.2. The number of nitrogens with one attached hydrogen (secondary N) is 1. The summed E-state index contributed by atoms with van der Waals surface area (Å²) in [5.41, 5.74) is 0.672. The van der Waals surface area contributed by atoms with Crippen molar-refractivity contribution in [3.05, 3.63) is 17.5 Å². The summed E-state index contributed by atoms with van der Waals surface area (Å²) in [7, 11) is 0. The maximum atomic E-state index is 12.1. The Kier molecular flexibility index (Phi) is 3.64. The smallest absolute Gasteiger partial charge is 0.245 e. The van der Waals surface area contributed by atoms with Gasteiger partial charge in [0.1, 0.15) is 24.0 Å². The van der Waals surface area contributed by atoms with E-state index in [0.29, 0.717) is 24.4 Å². The minimum Gasteiger partial charge on any atom is -0.361 e. The van der Waals surface area contributed by atoms with Crippen molar-refractivity contribution in [1.29, 1.82) is 0 Å². The zero-order chi connectivity index (χ0) is 13.1. The lowest BCUT2D eigenvalue weighted by molar-refractivity contribution is -0.145. The molecule has 2 amide bonds. The van der Waals surface area contributed by atoms with Gasteiger partial charge in [0.05, 0.1) is 6.54 Å². The van der Waals surface area contributed by atoms with Crippen molar-refractivity contribution in [2.75, 3.05) is 6.54 Å². The van der Waals surface area contributed by atoms with E-state index in [4.69, 9.17) is 4.52 Å². The van der Waals surface area contributed by atoms with Gasteiger partial charge in [0.2, 0.25) is 11.8 Å². The van der Waals surface area contributed by atoms with Crippen LogP contribution in [0.3, 0.4) is 0 Å². The molecule has 1 aliphatic heterocycles. The number of carbonyl (C=O) groups excluding carboxylic acids is 2. The maximum Gasteiger partial charge on any atom is 0.245 e. The Hall–Kier alpha value is -1.85. The molecule has 1 aromatic rings. The highest BCUT2D eigenvalue weighted by atomic mass is 16.5. The second kappa shape index (κ2) is 5.20. The fourth-order valence-electron chi connectivity index (χ4n) is 2.08. The van der Waals surface area contributed by atoms with E-state index in [1.165, 1.54) is 4.90 Å². The van der Waals surface area contributed by atoms with Gasteiger partial charge in [-0.25, -0.2) is 0 Å². The average molecular weight is 251 g/mol. The molecule has 2 rings (SSSR count). The minimum atomic E-state index is -0.399. The van der Waals surface area contributed by atoms with Gasteiger partial charge in [-0.05, 0) is 13.3 Å². The van der Waals surface area contributed by atoms with E-state index >= 15 is 0 Å². The lowest BCUT2D eigenvalue weighted by atomic mass is 10.1. The van der Waals surface area contributed by atoms with E-state index in [2.05, 4.69) is 10.5 Å². The number of aryl methyl sites for hydroxylation is 1. The van der Waals surface area contributed by atoms with Crippen LogP contribution in [0.1, 0.15) is 31.2 Å². The van der Waals surface area contributed by atoms with Gasteiger partial charge in [-0.2, -0.15) is 0 Å². The summed E-state index contributed by atoms with van der Waals surface area (Å²) in [5, 5.41) is 6.55. The summed E-state index contributed by atoms with van der Waals surface area (Å²) < 4.78 is 4.95. The van der Waals surface area contributed by atoms with Crippen LogP contribution in [0.15, 0.2) is 10.6 Å². The zero-order valence-corrected chi connectivity index (χ0v) is 10.6. The lowest BCUT2D eigenvalue weighted by Crippen LogP contribution is -2.57. The first-order chi connectivity index (χ1) is 8.60. The molecule has 0 radical (unpaired) electrons. The second-order valence-electron chi connectivity index (χ2n) is 4.53. The maximum absolute atomic E-state index is 12.1. The molecule has 1 saturated heterocycles. The molecule has 6 nitrogen and oxygen atoms in total. The number of hydrogen-bond acceptors (Lipinski definition) is 4.